The van der Waals surface area contributed by atoms with Crippen molar-refractivity contribution in [2.75, 3.05) is 33.3 Å². The first-order valence-corrected chi connectivity index (χ1v) is 10.4. The van der Waals surface area contributed by atoms with E-state index in [-0.39, 0.29) is 25.1 Å². The number of carbonyl (C=O) groups is 1. The average Bonchev–Trinajstić information content (AvgIpc) is 3.34. The number of benzene rings is 1. The maximum atomic E-state index is 12.3. The maximum Gasteiger partial charge on any atom is 0.275 e. The lowest BCUT2D eigenvalue weighted by Gasteiger charge is -2.32. The van der Waals surface area contributed by atoms with Gasteiger partial charge < -0.3 is 10.0 Å². The Labute approximate surface area is 168 Å². The molecule has 1 unspecified atom stereocenters. The number of thiophene rings is 1. The van der Waals surface area contributed by atoms with Crippen LogP contribution < -0.4 is 0 Å². The predicted octanol–water partition coefficient (Wildman–Crippen LogP) is 2.39. The van der Waals surface area contributed by atoms with E-state index in [0.29, 0.717) is 5.69 Å². The lowest BCUT2D eigenvalue weighted by atomic mass is 10.1. The van der Waals surface area contributed by atoms with Gasteiger partial charge in [0, 0.05) is 36.3 Å². The van der Waals surface area contributed by atoms with Crippen LogP contribution in [0.1, 0.15) is 34.2 Å². The summed E-state index contributed by atoms with van der Waals surface area (Å²) in [6.07, 6.45) is 3.87. The number of rotatable bonds is 6. The van der Waals surface area contributed by atoms with E-state index >= 15 is 0 Å². The molecule has 0 bridgehead atoms. The third kappa shape index (κ3) is 4.09. The van der Waals surface area contributed by atoms with E-state index in [1.807, 2.05) is 16.0 Å². The second kappa shape index (κ2) is 8.38. The van der Waals surface area contributed by atoms with Crippen molar-refractivity contribution in [2.45, 2.75) is 25.4 Å². The number of amides is 1. The zero-order valence-electron chi connectivity index (χ0n) is 16.0. The summed E-state index contributed by atoms with van der Waals surface area (Å²) in [5.74, 6) is -0.210. The van der Waals surface area contributed by atoms with Crippen molar-refractivity contribution in [1.82, 2.24) is 24.8 Å². The maximum absolute atomic E-state index is 12.3. The Hall–Kier alpha value is -2.29. The summed E-state index contributed by atoms with van der Waals surface area (Å²) in [4.78, 5) is 17.6. The largest absolute Gasteiger partial charge is 0.395 e. The minimum absolute atomic E-state index is 0.0638. The van der Waals surface area contributed by atoms with Gasteiger partial charge >= 0.3 is 0 Å². The third-order valence-electron chi connectivity index (χ3n) is 5.22. The van der Waals surface area contributed by atoms with E-state index in [1.54, 1.807) is 13.2 Å². The van der Waals surface area contributed by atoms with Crippen LogP contribution in [-0.2, 0) is 6.54 Å². The Bertz CT molecular complexity index is 920. The number of aromatic nitrogens is 3. The quantitative estimate of drug-likeness (QED) is 0.689. The third-order valence-corrected chi connectivity index (χ3v) is 6.32. The van der Waals surface area contributed by atoms with E-state index < -0.39 is 0 Å². The molecule has 7 nitrogen and oxygen atoms in total. The molecule has 3 aromatic rings. The molecule has 1 fully saturated rings. The number of hydrogen-bond donors (Lipinski definition) is 1. The number of fused-ring (bicyclic) bond motifs is 1. The highest BCUT2D eigenvalue weighted by atomic mass is 32.1. The molecule has 1 atom stereocenters. The van der Waals surface area contributed by atoms with Crippen molar-refractivity contribution < 1.29 is 9.90 Å². The Morgan fingerprint density at radius 3 is 3.07 bits per heavy atom. The lowest BCUT2D eigenvalue weighted by Crippen LogP contribution is -2.36. The monoisotopic (exact) mass is 399 g/mol. The molecule has 0 spiro atoms. The van der Waals surface area contributed by atoms with Gasteiger partial charge in [0.2, 0.25) is 0 Å². The number of likely N-dealkylation sites (N-methyl/N-ethyl adjacent to an activating group) is 1. The topological polar surface area (TPSA) is 74.5 Å². The van der Waals surface area contributed by atoms with Crippen LogP contribution in [0.2, 0.25) is 0 Å². The number of hydrogen-bond acceptors (Lipinski definition) is 6. The van der Waals surface area contributed by atoms with Gasteiger partial charge in [0.25, 0.3) is 5.91 Å². The summed E-state index contributed by atoms with van der Waals surface area (Å²) in [5, 5.41) is 18.6. The molecule has 8 heteroatoms. The zero-order valence-corrected chi connectivity index (χ0v) is 16.8. The smallest absolute Gasteiger partial charge is 0.275 e. The van der Waals surface area contributed by atoms with Gasteiger partial charge in [0.15, 0.2) is 5.69 Å². The first kappa shape index (κ1) is 19.0. The van der Waals surface area contributed by atoms with Crippen LogP contribution in [0.25, 0.3) is 10.1 Å². The fourth-order valence-corrected chi connectivity index (χ4v) is 4.83. The summed E-state index contributed by atoms with van der Waals surface area (Å²) in [5.41, 5.74) is 0.331. The molecule has 1 aromatic carbocycles. The molecule has 0 aliphatic carbocycles. The van der Waals surface area contributed by atoms with Crippen molar-refractivity contribution in [1.29, 1.82) is 0 Å². The fraction of sp³-hybridized carbons (Fsp3) is 0.450. The summed E-state index contributed by atoms with van der Waals surface area (Å²) in [6, 6.07) is 11.0. The summed E-state index contributed by atoms with van der Waals surface area (Å²) in [6.45, 7) is 3.14. The number of aliphatic hydroxyl groups is 1. The lowest BCUT2D eigenvalue weighted by molar-refractivity contribution is 0.0761. The first-order valence-electron chi connectivity index (χ1n) is 9.62. The Balaban J connectivity index is 1.41. The van der Waals surface area contributed by atoms with Gasteiger partial charge in [-0.1, -0.05) is 23.4 Å². The van der Waals surface area contributed by atoms with Gasteiger partial charge in [-0.3, -0.25) is 9.69 Å². The first-order chi connectivity index (χ1) is 13.6. The molecule has 3 heterocycles. The number of piperidine rings is 1. The molecule has 28 heavy (non-hydrogen) atoms. The molecule has 1 aliphatic heterocycles. The molecule has 1 N–H and O–H groups in total. The Morgan fingerprint density at radius 1 is 1.39 bits per heavy atom. The van der Waals surface area contributed by atoms with Gasteiger partial charge in [-0.05, 0) is 36.9 Å². The molecule has 148 valence electrons. The summed E-state index contributed by atoms with van der Waals surface area (Å²) < 4.78 is 3.16. The van der Waals surface area contributed by atoms with Crippen LogP contribution in [-0.4, -0.2) is 69.1 Å². The average molecular weight is 400 g/mol. The molecule has 4 rings (SSSR count). The molecular formula is C20H25N5O2S. The van der Waals surface area contributed by atoms with Gasteiger partial charge in [0.05, 0.1) is 18.8 Å². The van der Waals surface area contributed by atoms with E-state index in [0.717, 1.165) is 32.5 Å². The Morgan fingerprint density at radius 2 is 2.25 bits per heavy atom. The molecule has 0 saturated carbocycles. The van der Waals surface area contributed by atoms with Crippen molar-refractivity contribution in [3.05, 3.63) is 47.1 Å². The second-order valence-electron chi connectivity index (χ2n) is 7.32. The summed E-state index contributed by atoms with van der Waals surface area (Å²) in [7, 11) is 1.66. The van der Waals surface area contributed by atoms with E-state index in [9.17, 15) is 4.79 Å². The molecule has 1 saturated heterocycles. The molecule has 0 radical (unpaired) electrons. The van der Waals surface area contributed by atoms with Crippen molar-refractivity contribution in [3.8, 4) is 0 Å². The van der Waals surface area contributed by atoms with Crippen LogP contribution in [0.5, 0.6) is 0 Å². The van der Waals surface area contributed by atoms with Gasteiger partial charge in [-0.15, -0.1) is 16.4 Å². The standard InChI is InChI=1S/C20H25N5O2S/c1-23(9-10-26)20(27)18-14-25(22-21-18)16-6-4-8-24(12-16)13-17-11-15-5-2-3-7-19(15)28-17/h2-3,5,7,11,14,16,26H,4,6,8-10,12-13H2,1H3. The van der Waals surface area contributed by atoms with Crippen LogP contribution in [0, 0.1) is 0 Å². The fourth-order valence-electron chi connectivity index (χ4n) is 3.73. The molecule has 1 aliphatic rings. The number of nitrogens with zero attached hydrogens (tertiary/aromatic N) is 5. The van der Waals surface area contributed by atoms with Crippen molar-refractivity contribution in [2.24, 2.45) is 0 Å². The SMILES string of the molecule is CN(CCO)C(=O)c1cn(C2CCCN(Cc3cc4ccccc4s3)C2)nn1. The van der Waals surface area contributed by atoms with Crippen LogP contribution >= 0.6 is 11.3 Å². The molecule has 2 aromatic heterocycles. The second-order valence-corrected chi connectivity index (χ2v) is 8.48. The minimum Gasteiger partial charge on any atom is -0.395 e. The number of aliphatic hydroxyl groups excluding tert-OH is 1. The zero-order chi connectivity index (χ0) is 19.5. The number of likely N-dealkylation sites (tertiary alicyclic amines) is 1. The van der Waals surface area contributed by atoms with E-state index in [1.165, 1.54) is 19.9 Å². The Kier molecular flexibility index (Phi) is 5.70. The van der Waals surface area contributed by atoms with Crippen molar-refractivity contribution >= 4 is 27.3 Å². The van der Waals surface area contributed by atoms with Gasteiger partial charge in [-0.25, -0.2) is 4.68 Å². The van der Waals surface area contributed by atoms with Crippen LogP contribution in [0.3, 0.4) is 0 Å². The highest BCUT2D eigenvalue weighted by Crippen LogP contribution is 2.28. The van der Waals surface area contributed by atoms with E-state index in [4.69, 9.17) is 5.11 Å². The molecule has 1 amide bonds. The minimum atomic E-state index is -0.210. The number of carbonyl (C=O) groups excluding carboxylic acids is 1. The van der Waals surface area contributed by atoms with Crippen LogP contribution in [0.4, 0.5) is 0 Å². The predicted molar refractivity (Wildman–Crippen MR) is 109 cm³/mol. The van der Waals surface area contributed by atoms with Gasteiger partial charge in [0.1, 0.15) is 0 Å². The highest BCUT2D eigenvalue weighted by molar-refractivity contribution is 7.19. The normalized spacial score (nSPS) is 17.9. The van der Waals surface area contributed by atoms with Gasteiger partial charge in [-0.2, -0.15) is 0 Å². The van der Waals surface area contributed by atoms with Crippen molar-refractivity contribution in [3.63, 3.8) is 0 Å². The van der Waals surface area contributed by atoms with Crippen LogP contribution in [0.15, 0.2) is 36.5 Å². The van der Waals surface area contributed by atoms with E-state index in [2.05, 4.69) is 45.5 Å². The summed E-state index contributed by atoms with van der Waals surface area (Å²) >= 11 is 1.86. The highest BCUT2D eigenvalue weighted by Gasteiger charge is 2.24. The molecular weight excluding hydrogens is 374 g/mol.